The topological polar surface area (TPSA) is 65.2 Å². The maximum atomic E-state index is 11.8. The van der Waals surface area contributed by atoms with Gasteiger partial charge in [-0.05, 0) is 31.9 Å². The summed E-state index contributed by atoms with van der Waals surface area (Å²) in [5.41, 5.74) is 2.22. The predicted molar refractivity (Wildman–Crippen MR) is 82.9 cm³/mol. The van der Waals surface area contributed by atoms with Crippen LogP contribution in [-0.4, -0.2) is 41.3 Å². The molecule has 1 aromatic carbocycles. The van der Waals surface area contributed by atoms with E-state index in [2.05, 4.69) is 10.3 Å². The molecule has 21 heavy (non-hydrogen) atoms. The van der Waals surface area contributed by atoms with Gasteiger partial charge in [0.15, 0.2) is 0 Å². The van der Waals surface area contributed by atoms with E-state index in [9.17, 15) is 9.59 Å². The Morgan fingerprint density at radius 1 is 1.19 bits per heavy atom. The Hall–Kier alpha value is -2.30. The van der Waals surface area contributed by atoms with E-state index in [0.29, 0.717) is 26.1 Å². The molecule has 0 fully saturated rings. The van der Waals surface area contributed by atoms with Gasteiger partial charge in [0.05, 0.1) is 0 Å². The van der Waals surface area contributed by atoms with Crippen molar-refractivity contribution in [2.75, 3.05) is 19.6 Å². The lowest BCUT2D eigenvalue weighted by Gasteiger charge is -2.17. The fourth-order valence-electron chi connectivity index (χ4n) is 2.38. The number of hydrogen-bond donors (Lipinski definition) is 2. The van der Waals surface area contributed by atoms with E-state index in [-0.39, 0.29) is 0 Å². The van der Waals surface area contributed by atoms with Crippen molar-refractivity contribution in [3.8, 4) is 0 Å². The lowest BCUT2D eigenvalue weighted by Crippen LogP contribution is -2.43. The standard InChI is InChI=1S/C16H21N3O2/c1-3-19(4-2)16(21)15(20)17-10-9-12-11-18-14-8-6-5-7-13(12)14/h5-8,11,18H,3-4,9-10H2,1-2H3,(H,17,20). The average molecular weight is 287 g/mol. The molecule has 0 aliphatic rings. The molecule has 0 saturated carbocycles. The van der Waals surface area contributed by atoms with Gasteiger partial charge >= 0.3 is 11.8 Å². The molecule has 1 heterocycles. The van der Waals surface area contributed by atoms with E-state index >= 15 is 0 Å². The van der Waals surface area contributed by atoms with Crippen LogP contribution in [0.5, 0.6) is 0 Å². The number of benzene rings is 1. The number of para-hydroxylation sites is 1. The molecule has 0 radical (unpaired) electrons. The first kappa shape index (κ1) is 15.1. The number of H-pyrrole nitrogens is 1. The van der Waals surface area contributed by atoms with E-state index in [4.69, 9.17) is 0 Å². The van der Waals surface area contributed by atoms with Gasteiger partial charge in [-0.2, -0.15) is 0 Å². The smallest absolute Gasteiger partial charge is 0.311 e. The molecule has 5 heteroatoms. The molecule has 0 aliphatic heterocycles. The highest BCUT2D eigenvalue weighted by atomic mass is 16.2. The largest absolute Gasteiger partial charge is 0.361 e. The van der Waals surface area contributed by atoms with E-state index in [1.807, 2.05) is 44.3 Å². The monoisotopic (exact) mass is 287 g/mol. The van der Waals surface area contributed by atoms with Crippen molar-refractivity contribution < 1.29 is 9.59 Å². The van der Waals surface area contributed by atoms with Crippen molar-refractivity contribution in [1.82, 2.24) is 15.2 Å². The van der Waals surface area contributed by atoms with Crippen LogP contribution < -0.4 is 5.32 Å². The Morgan fingerprint density at radius 3 is 2.62 bits per heavy atom. The normalized spacial score (nSPS) is 10.6. The molecule has 112 valence electrons. The Kier molecular flexibility index (Phi) is 4.98. The number of amides is 2. The molecule has 5 nitrogen and oxygen atoms in total. The molecule has 2 N–H and O–H groups in total. The van der Waals surface area contributed by atoms with Gasteiger partial charge in [0.2, 0.25) is 0 Å². The molecular formula is C16H21N3O2. The first-order valence-electron chi connectivity index (χ1n) is 7.29. The zero-order valence-corrected chi connectivity index (χ0v) is 12.5. The van der Waals surface area contributed by atoms with Crippen molar-refractivity contribution in [2.45, 2.75) is 20.3 Å². The van der Waals surface area contributed by atoms with E-state index in [0.717, 1.165) is 16.5 Å². The minimum atomic E-state index is -0.529. The van der Waals surface area contributed by atoms with Gasteiger partial charge in [0, 0.05) is 36.7 Å². The number of carbonyl (C=O) groups is 2. The maximum Gasteiger partial charge on any atom is 0.311 e. The molecule has 0 spiro atoms. The summed E-state index contributed by atoms with van der Waals surface area (Å²) in [5, 5.41) is 3.84. The predicted octanol–water partition coefficient (Wildman–Crippen LogP) is 1.69. The summed E-state index contributed by atoms with van der Waals surface area (Å²) >= 11 is 0. The third-order valence-electron chi connectivity index (χ3n) is 3.60. The molecular weight excluding hydrogens is 266 g/mol. The number of rotatable bonds is 5. The molecule has 2 amide bonds. The number of nitrogens with one attached hydrogen (secondary N) is 2. The van der Waals surface area contributed by atoms with E-state index in [1.165, 1.54) is 4.90 Å². The quantitative estimate of drug-likeness (QED) is 0.822. The first-order valence-corrected chi connectivity index (χ1v) is 7.29. The van der Waals surface area contributed by atoms with Crippen LogP contribution in [0.15, 0.2) is 30.5 Å². The number of carbonyl (C=O) groups excluding carboxylic acids is 2. The van der Waals surface area contributed by atoms with Crippen LogP contribution in [0.2, 0.25) is 0 Å². The van der Waals surface area contributed by atoms with Crippen LogP contribution in [0, 0.1) is 0 Å². The minimum Gasteiger partial charge on any atom is -0.361 e. The first-order chi connectivity index (χ1) is 10.2. The Bertz CT molecular complexity index is 629. The second-order valence-corrected chi connectivity index (χ2v) is 4.84. The van der Waals surface area contributed by atoms with Crippen LogP contribution in [0.3, 0.4) is 0 Å². The second kappa shape index (κ2) is 6.92. The number of aromatic nitrogens is 1. The summed E-state index contributed by atoms with van der Waals surface area (Å²) < 4.78 is 0. The third-order valence-corrected chi connectivity index (χ3v) is 3.60. The Labute approximate surface area is 124 Å². The minimum absolute atomic E-state index is 0.452. The summed E-state index contributed by atoms with van der Waals surface area (Å²) in [7, 11) is 0. The summed E-state index contributed by atoms with van der Waals surface area (Å²) in [6.45, 7) is 5.27. The van der Waals surface area contributed by atoms with Crippen LogP contribution in [0.25, 0.3) is 10.9 Å². The van der Waals surface area contributed by atoms with Crippen LogP contribution in [-0.2, 0) is 16.0 Å². The highest BCUT2D eigenvalue weighted by Crippen LogP contribution is 2.17. The molecule has 2 aromatic rings. The van der Waals surface area contributed by atoms with E-state index in [1.54, 1.807) is 0 Å². The van der Waals surface area contributed by atoms with Crippen LogP contribution >= 0.6 is 0 Å². The Morgan fingerprint density at radius 2 is 1.90 bits per heavy atom. The van der Waals surface area contributed by atoms with Gasteiger partial charge in [-0.25, -0.2) is 0 Å². The summed E-state index contributed by atoms with van der Waals surface area (Å²) in [5.74, 6) is -0.988. The number of likely N-dealkylation sites (N-methyl/N-ethyl adjacent to an activating group) is 1. The third kappa shape index (κ3) is 3.42. The molecule has 0 atom stereocenters. The number of hydrogen-bond acceptors (Lipinski definition) is 2. The van der Waals surface area contributed by atoms with Crippen molar-refractivity contribution in [2.24, 2.45) is 0 Å². The van der Waals surface area contributed by atoms with Gasteiger partial charge < -0.3 is 15.2 Å². The van der Waals surface area contributed by atoms with Gasteiger partial charge in [-0.3, -0.25) is 9.59 Å². The molecule has 0 bridgehead atoms. The molecule has 0 unspecified atom stereocenters. The highest BCUT2D eigenvalue weighted by molar-refractivity contribution is 6.34. The average Bonchev–Trinajstić information content (AvgIpc) is 2.92. The van der Waals surface area contributed by atoms with Crippen LogP contribution in [0.4, 0.5) is 0 Å². The van der Waals surface area contributed by atoms with Crippen molar-refractivity contribution in [3.05, 3.63) is 36.0 Å². The van der Waals surface area contributed by atoms with Crippen LogP contribution in [0.1, 0.15) is 19.4 Å². The lowest BCUT2D eigenvalue weighted by molar-refractivity contribution is -0.145. The summed E-state index contributed by atoms with van der Waals surface area (Å²) in [6, 6.07) is 8.03. The van der Waals surface area contributed by atoms with Gasteiger partial charge in [-0.15, -0.1) is 0 Å². The summed E-state index contributed by atoms with van der Waals surface area (Å²) in [6.07, 6.45) is 2.64. The number of aromatic amines is 1. The van der Waals surface area contributed by atoms with Gasteiger partial charge in [0.1, 0.15) is 0 Å². The SMILES string of the molecule is CCN(CC)C(=O)C(=O)NCCc1c[nH]c2ccccc12. The van der Waals surface area contributed by atoms with Gasteiger partial charge in [-0.1, -0.05) is 18.2 Å². The zero-order valence-electron chi connectivity index (χ0n) is 12.5. The maximum absolute atomic E-state index is 11.8. The van der Waals surface area contributed by atoms with Crippen molar-refractivity contribution in [3.63, 3.8) is 0 Å². The molecule has 0 saturated heterocycles. The zero-order chi connectivity index (χ0) is 15.2. The fraction of sp³-hybridized carbons (Fsp3) is 0.375. The van der Waals surface area contributed by atoms with Gasteiger partial charge in [0.25, 0.3) is 0 Å². The molecule has 2 rings (SSSR count). The number of nitrogens with zero attached hydrogens (tertiary/aromatic N) is 1. The lowest BCUT2D eigenvalue weighted by atomic mass is 10.1. The van der Waals surface area contributed by atoms with Crippen molar-refractivity contribution >= 4 is 22.7 Å². The number of fused-ring (bicyclic) bond motifs is 1. The Balaban J connectivity index is 1.89. The molecule has 1 aromatic heterocycles. The van der Waals surface area contributed by atoms with E-state index < -0.39 is 11.8 Å². The fourth-order valence-corrected chi connectivity index (χ4v) is 2.38. The molecule has 0 aliphatic carbocycles. The second-order valence-electron chi connectivity index (χ2n) is 4.84. The summed E-state index contributed by atoms with van der Waals surface area (Å²) in [4.78, 5) is 28.3. The van der Waals surface area contributed by atoms with Crippen molar-refractivity contribution in [1.29, 1.82) is 0 Å². The highest BCUT2D eigenvalue weighted by Gasteiger charge is 2.18.